The maximum atomic E-state index is 11.9. The summed E-state index contributed by atoms with van der Waals surface area (Å²) >= 11 is 0. The van der Waals surface area contributed by atoms with E-state index in [1.54, 1.807) is 0 Å². The number of carboxylic acid groups (broad SMARTS) is 1. The van der Waals surface area contributed by atoms with Gasteiger partial charge in [0.25, 0.3) is 0 Å². The molecule has 0 heterocycles. The van der Waals surface area contributed by atoms with Crippen molar-refractivity contribution >= 4 is 21.8 Å². The Balaban J connectivity index is 2.51. The first-order chi connectivity index (χ1) is 9.66. The Hall–Kier alpha value is -1.31. The second-order valence-corrected chi connectivity index (χ2v) is 8.12. The predicted octanol–water partition coefficient (Wildman–Crippen LogP) is 0.708. The average molecular weight is 320 g/mol. The highest BCUT2D eigenvalue weighted by atomic mass is 32.2. The second-order valence-electron chi connectivity index (χ2n) is 5.86. The number of aliphatic carboxylic acids is 1. The highest BCUT2D eigenvalue weighted by molar-refractivity contribution is 7.90. The van der Waals surface area contributed by atoms with Crippen molar-refractivity contribution in [3.63, 3.8) is 0 Å². The Morgan fingerprint density at radius 3 is 2.29 bits per heavy atom. The summed E-state index contributed by atoms with van der Waals surface area (Å²) in [5.74, 6) is -0.984. The summed E-state index contributed by atoms with van der Waals surface area (Å²) in [6.45, 7) is 0.176. The number of hydrogen-bond acceptors (Lipinski definition) is 4. The highest BCUT2D eigenvalue weighted by Crippen LogP contribution is 2.35. The maximum absolute atomic E-state index is 11.9. The molecule has 1 fully saturated rings. The van der Waals surface area contributed by atoms with E-state index >= 15 is 0 Å². The molecule has 0 bridgehead atoms. The fraction of sp³-hybridized carbons (Fsp3) is 0.846. The number of hydrogen-bond donors (Lipinski definition) is 2. The van der Waals surface area contributed by atoms with E-state index in [-0.39, 0.29) is 18.8 Å². The summed E-state index contributed by atoms with van der Waals surface area (Å²) in [6.07, 6.45) is 4.97. The molecule has 0 saturated heterocycles. The summed E-state index contributed by atoms with van der Waals surface area (Å²) < 4.78 is 22.1. The van der Waals surface area contributed by atoms with Crippen LogP contribution in [-0.4, -0.2) is 62.6 Å². The van der Waals surface area contributed by atoms with Crippen LogP contribution in [0, 0.1) is 5.41 Å². The molecular formula is C13H24N2O5S. The maximum Gasteiger partial charge on any atom is 0.317 e. The Morgan fingerprint density at radius 1 is 1.24 bits per heavy atom. The number of nitrogens with one attached hydrogen (secondary N) is 1. The van der Waals surface area contributed by atoms with Crippen LogP contribution in [0.25, 0.3) is 0 Å². The first-order valence-corrected chi connectivity index (χ1v) is 9.12. The van der Waals surface area contributed by atoms with Crippen molar-refractivity contribution in [2.45, 2.75) is 32.1 Å². The number of sulfone groups is 1. The summed E-state index contributed by atoms with van der Waals surface area (Å²) in [5, 5.41) is 12.0. The van der Waals surface area contributed by atoms with Gasteiger partial charge in [-0.2, -0.15) is 0 Å². The lowest BCUT2D eigenvalue weighted by atomic mass is 9.74. The molecule has 0 aromatic rings. The van der Waals surface area contributed by atoms with Crippen molar-refractivity contribution in [1.82, 2.24) is 10.2 Å². The first-order valence-electron chi connectivity index (χ1n) is 7.06. The van der Waals surface area contributed by atoms with Gasteiger partial charge in [0.05, 0.1) is 11.2 Å². The van der Waals surface area contributed by atoms with Crippen LogP contribution in [0.3, 0.4) is 0 Å². The van der Waals surface area contributed by atoms with Crippen molar-refractivity contribution in [1.29, 1.82) is 0 Å². The molecule has 1 saturated carbocycles. The summed E-state index contributed by atoms with van der Waals surface area (Å²) in [7, 11) is -1.63. The normalized spacial score (nSPS) is 18.0. The SMILES string of the molecule is CN(CCS(C)(=O)=O)C(=O)NCC1(C(=O)O)CCCCC1. The molecule has 2 N–H and O–H groups in total. The molecule has 1 rings (SSSR count). The van der Waals surface area contributed by atoms with E-state index in [2.05, 4.69) is 5.32 Å². The molecular weight excluding hydrogens is 296 g/mol. The van der Waals surface area contributed by atoms with Gasteiger partial charge >= 0.3 is 12.0 Å². The molecule has 1 aliphatic carbocycles. The van der Waals surface area contributed by atoms with Gasteiger partial charge in [-0.25, -0.2) is 13.2 Å². The van der Waals surface area contributed by atoms with Crippen LogP contribution < -0.4 is 5.32 Å². The Bertz CT molecular complexity index is 483. The summed E-state index contributed by atoms with van der Waals surface area (Å²) in [5.41, 5.74) is -0.883. The molecule has 21 heavy (non-hydrogen) atoms. The van der Waals surface area contributed by atoms with Gasteiger partial charge in [0.2, 0.25) is 0 Å². The van der Waals surface area contributed by atoms with Crippen molar-refractivity contribution in [2.24, 2.45) is 5.41 Å². The van der Waals surface area contributed by atoms with E-state index in [4.69, 9.17) is 0 Å². The number of carboxylic acids is 1. The molecule has 0 atom stereocenters. The molecule has 0 unspecified atom stereocenters. The van der Waals surface area contributed by atoms with Gasteiger partial charge in [0.1, 0.15) is 9.84 Å². The smallest absolute Gasteiger partial charge is 0.317 e. The van der Waals surface area contributed by atoms with Crippen LogP contribution in [-0.2, 0) is 14.6 Å². The van der Waals surface area contributed by atoms with Crippen molar-refractivity contribution in [2.75, 3.05) is 32.1 Å². The fourth-order valence-corrected chi connectivity index (χ4v) is 3.08. The minimum absolute atomic E-state index is 0.0877. The van der Waals surface area contributed by atoms with Gasteiger partial charge in [-0.1, -0.05) is 19.3 Å². The van der Waals surface area contributed by atoms with E-state index in [1.807, 2.05) is 0 Å². The average Bonchev–Trinajstić information content (AvgIpc) is 2.42. The number of urea groups is 1. The highest BCUT2D eigenvalue weighted by Gasteiger charge is 2.39. The quantitative estimate of drug-likeness (QED) is 0.750. The van der Waals surface area contributed by atoms with Crippen molar-refractivity contribution < 1.29 is 23.1 Å². The molecule has 0 aromatic heterocycles. The van der Waals surface area contributed by atoms with E-state index < -0.39 is 27.3 Å². The van der Waals surface area contributed by atoms with E-state index in [0.717, 1.165) is 25.5 Å². The van der Waals surface area contributed by atoms with Gasteiger partial charge in [0, 0.05) is 26.4 Å². The fourth-order valence-electron chi connectivity index (χ4n) is 2.48. The number of carbonyl (C=O) groups excluding carboxylic acids is 1. The van der Waals surface area contributed by atoms with Gasteiger partial charge in [0.15, 0.2) is 0 Å². The minimum Gasteiger partial charge on any atom is -0.481 e. The Kier molecular flexibility index (Phi) is 6.00. The molecule has 0 spiro atoms. The van der Waals surface area contributed by atoms with E-state index in [9.17, 15) is 23.1 Å². The monoisotopic (exact) mass is 320 g/mol. The van der Waals surface area contributed by atoms with E-state index in [1.165, 1.54) is 11.9 Å². The molecule has 0 aromatic carbocycles. The Labute approximate surface area is 125 Å². The summed E-state index contributed by atoms with van der Waals surface area (Å²) in [6, 6.07) is -0.440. The van der Waals surface area contributed by atoms with Gasteiger partial charge < -0.3 is 15.3 Å². The number of carbonyl (C=O) groups is 2. The predicted molar refractivity (Wildman–Crippen MR) is 78.9 cm³/mol. The lowest BCUT2D eigenvalue weighted by Gasteiger charge is -2.33. The second kappa shape index (κ2) is 7.11. The van der Waals surface area contributed by atoms with Crippen LogP contribution >= 0.6 is 0 Å². The van der Waals surface area contributed by atoms with Gasteiger partial charge in [-0.05, 0) is 12.8 Å². The third-order valence-corrected chi connectivity index (χ3v) is 4.91. The zero-order valence-electron chi connectivity index (χ0n) is 12.6. The first kappa shape index (κ1) is 17.7. The molecule has 122 valence electrons. The van der Waals surface area contributed by atoms with Crippen molar-refractivity contribution in [3.05, 3.63) is 0 Å². The number of amides is 2. The lowest BCUT2D eigenvalue weighted by Crippen LogP contribution is -2.48. The van der Waals surface area contributed by atoms with Crippen LogP contribution in [0.2, 0.25) is 0 Å². The number of nitrogens with zero attached hydrogens (tertiary/aromatic N) is 1. The Morgan fingerprint density at radius 2 is 1.81 bits per heavy atom. The summed E-state index contributed by atoms with van der Waals surface area (Å²) in [4.78, 5) is 24.6. The standard InChI is InChI=1S/C13H24N2O5S/c1-15(8-9-21(2,19)20)12(18)14-10-13(11(16)17)6-4-3-5-7-13/h3-10H2,1-2H3,(H,14,18)(H,16,17). The molecule has 7 nitrogen and oxygen atoms in total. The van der Waals surface area contributed by atoms with Gasteiger partial charge in [-0.3, -0.25) is 4.79 Å². The third kappa shape index (κ3) is 5.53. The molecule has 0 radical (unpaired) electrons. The molecule has 1 aliphatic rings. The van der Waals surface area contributed by atoms with Gasteiger partial charge in [-0.15, -0.1) is 0 Å². The molecule has 8 heteroatoms. The zero-order chi connectivity index (χ0) is 16.1. The minimum atomic E-state index is -3.13. The zero-order valence-corrected chi connectivity index (χ0v) is 13.4. The van der Waals surface area contributed by atoms with Crippen molar-refractivity contribution in [3.8, 4) is 0 Å². The number of rotatable bonds is 6. The third-order valence-electron chi connectivity index (χ3n) is 3.99. The topological polar surface area (TPSA) is 104 Å². The van der Waals surface area contributed by atoms with Crippen LogP contribution in [0.1, 0.15) is 32.1 Å². The van der Waals surface area contributed by atoms with E-state index in [0.29, 0.717) is 12.8 Å². The molecule has 2 amide bonds. The largest absolute Gasteiger partial charge is 0.481 e. The van der Waals surface area contributed by atoms with Crippen LogP contribution in [0.15, 0.2) is 0 Å². The molecule has 0 aliphatic heterocycles. The van der Waals surface area contributed by atoms with Crippen LogP contribution in [0.5, 0.6) is 0 Å². The van der Waals surface area contributed by atoms with Crippen LogP contribution in [0.4, 0.5) is 4.79 Å². The lowest BCUT2D eigenvalue weighted by molar-refractivity contribution is -0.150.